The highest BCUT2D eigenvalue weighted by Gasteiger charge is 2.21. The van der Waals surface area contributed by atoms with Crippen LogP contribution in [0.5, 0.6) is 0 Å². The molecule has 3 rings (SSSR count). The molecular weight excluding hydrogens is 318 g/mol. The van der Waals surface area contributed by atoms with Crippen molar-refractivity contribution >= 4 is 11.8 Å². The van der Waals surface area contributed by atoms with E-state index in [2.05, 4.69) is 22.3 Å². The van der Waals surface area contributed by atoms with Gasteiger partial charge in [-0.2, -0.15) is 0 Å². The van der Waals surface area contributed by atoms with Crippen molar-refractivity contribution in [2.45, 2.75) is 13.0 Å². The minimum atomic E-state index is -0.214. The van der Waals surface area contributed by atoms with E-state index in [0.29, 0.717) is 18.5 Å². The quantitative estimate of drug-likeness (QED) is 0.869. The third-order valence-electron chi connectivity index (χ3n) is 4.38. The van der Waals surface area contributed by atoms with Crippen LogP contribution in [0.3, 0.4) is 0 Å². The highest BCUT2D eigenvalue weighted by molar-refractivity contribution is 5.94. The van der Waals surface area contributed by atoms with Crippen molar-refractivity contribution < 1.29 is 14.0 Å². The van der Waals surface area contributed by atoms with Gasteiger partial charge in [-0.15, -0.1) is 0 Å². The number of piperazine rings is 1. The summed E-state index contributed by atoms with van der Waals surface area (Å²) in [6.45, 7) is 4.49. The Morgan fingerprint density at radius 1 is 1.04 bits per heavy atom. The van der Waals surface area contributed by atoms with Crippen molar-refractivity contribution in [2.24, 2.45) is 0 Å². The molecule has 0 spiro atoms. The molecule has 2 heterocycles. The monoisotopic (exact) mass is 341 g/mol. The maximum absolute atomic E-state index is 12.3. The fraction of sp³-hybridized carbons (Fsp3) is 0.368. The second kappa shape index (κ2) is 8.48. The summed E-state index contributed by atoms with van der Waals surface area (Å²) >= 11 is 0. The molecule has 2 amide bonds. The van der Waals surface area contributed by atoms with Gasteiger partial charge in [-0.3, -0.25) is 14.5 Å². The summed E-state index contributed by atoms with van der Waals surface area (Å²) in [5.74, 6) is -0.124. The molecule has 1 N–H and O–H groups in total. The Bertz CT molecular complexity index is 677. The first-order valence-corrected chi connectivity index (χ1v) is 8.57. The molecule has 1 aliphatic rings. The Morgan fingerprint density at radius 3 is 2.48 bits per heavy atom. The summed E-state index contributed by atoms with van der Waals surface area (Å²) in [5, 5.41) is 2.74. The Balaban J connectivity index is 1.36. The summed E-state index contributed by atoms with van der Waals surface area (Å²) in [6.07, 6.45) is 3.17. The molecule has 6 nitrogen and oxygen atoms in total. The van der Waals surface area contributed by atoms with E-state index in [1.807, 2.05) is 23.1 Å². The maximum Gasteiger partial charge on any atom is 0.254 e. The van der Waals surface area contributed by atoms with Crippen LogP contribution in [0.2, 0.25) is 0 Å². The average molecular weight is 341 g/mol. The van der Waals surface area contributed by atoms with Gasteiger partial charge < -0.3 is 14.6 Å². The predicted octanol–water partition coefficient (Wildman–Crippen LogP) is 1.74. The number of furan rings is 1. The number of rotatable bonds is 6. The van der Waals surface area contributed by atoms with Crippen molar-refractivity contribution in [3.05, 3.63) is 60.1 Å². The van der Waals surface area contributed by atoms with Gasteiger partial charge in [0, 0.05) is 45.7 Å². The second-order valence-corrected chi connectivity index (χ2v) is 6.16. The first-order valence-electron chi connectivity index (χ1n) is 8.57. The van der Waals surface area contributed by atoms with Crippen molar-refractivity contribution in [3.8, 4) is 0 Å². The van der Waals surface area contributed by atoms with Crippen molar-refractivity contribution in [1.82, 2.24) is 15.1 Å². The van der Waals surface area contributed by atoms with Gasteiger partial charge in [-0.05, 0) is 11.6 Å². The maximum atomic E-state index is 12.3. The fourth-order valence-electron chi connectivity index (χ4n) is 2.93. The van der Waals surface area contributed by atoms with E-state index in [1.54, 1.807) is 6.07 Å². The zero-order valence-electron chi connectivity index (χ0n) is 14.2. The van der Waals surface area contributed by atoms with Crippen LogP contribution in [0.15, 0.2) is 53.3 Å². The van der Waals surface area contributed by atoms with Crippen molar-refractivity contribution in [3.63, 3.8) is 0 Å². The van der Waals surface area contributed by atoms with Crippen LogP contribution in [-0.2, 0) is 11.3 Å². The third kappa shape index (κ3) is 4.93. The number of hydrogen-bond donors (Lipinski definition) is 1. The Kier molecular flexibility index (Phi) is 5.85. The predicted molar refractivity (Wildman–Crippen MR) is 94.0 cm³/mol. The highest BCUT2D eigenvalue weighted by Crippen LogP contribution is 2.09. The van der Waals surface area contributed by atoms with E-state index in [0.717, 1.165) is 32.7 Å². The van der Waals surface area contributed by atoms with Crippen LogP contribution >= 0.6 is 0 Å². The summed E-state index contributed by atoms with van der Waals surface area (Å²) in [5.41, 5.74) is 1.77. The Morgan fingerprint density at radius 2 is 1.80 bits per heavy atom. The Labute approximate surface area is 147 Å². The number of hydrogen-bond acceptors (Lipinski definition) is 4. The van der Waals surface area contributed by atoms with Gasteiger partial charge in [-0.25, -0.2) is 0 Å². The van der Waals surface area contributed by atoms with Gasteiger partial charge in [0.2, 0.25) is 5.91 Å². The standard InChI is InChI=1S/C19H23N3O3/c23-18(6-8-20-19(24)17-7-13-25-15-17)22-11-9-21(10-12-22)14-16-4-2-1-3-5-16/h1-5,7,13,15H,6,8-12,14H2,(H,20,24). The van der Waals surface area contributed by atoms with Crippen LogP contribution in [0.25, 0.3) is 0 Å². The van der Waals surface area contributed by atoms with E-state index in [4.69, 9.17) is 4.42 Å². The number of carbonyl (C=O) groups is 2. The van der Waals surface area contributed by atoms with Crippen LogP contribution in [0, 0.1) is 0 Å². The number of nitrogens with zero attached hydrogens (tertiary/aromatic N) is 2. The Hall–Kier alpha value is -2.60. The lowest BCUT2D eigenvalue weighted by atomic mass is 10.2. The molecule has 25 heavy (non-hydrogen) atoms. The van der Waals surface area contributed by atoms with E-state index in [1.165, 1.54) is 18.1 Å². The molecule has 0 aliphatic carbocycles. The molecule has 0 bridgehead atoms. The molecule has 0 atom stereocenters. The van der Waals surface area contributed by atoms with Gasteiger partial charge in [0.1, 0.15) is 6.26 Å². The number of nitrogens with one attached hydrogen (secondary N) is 1. The van der Waals surface area contributed by atoms with Crippen LogP contribution in [0.4, 0.5) is 0 Å². The molecule has 1 aromatic heterocycles. The van der Waals surface area contributed by atoms with E-state index in [-0.39, 0.29) is 11.8 Å². The molecule has 0 saturated carbocycles. The molecule has 6 heteroatoms. The van der Waals surface area contributed by atoms with E-state index < -0.39 is 0 Å². The lowest BCUT2D eigenvalue weighted by molar-refractivity contribution is -0.132. The largest absolute Gasteiger partial charge is 0.472 e. The van der Waals surface area contributed by atoms with Gasteiger partial charge in [-0.1, -0.05) is 30.3 Å². The first kappa shape index (κ1) is 17.2. The number of amides is 2. The van der Waals surface area contributed by atoms with Gasteiger partial charge in [0.05, 0.1) is 11.8 Å². The number of benzene rings is 1. The number of carbonyl (C=O) groups excluding carboxylic acids is 2. The fourth-order valence-corrected chi connectivity index (χ4v) is 2.93. The molecule has 132 valence electrons. The molecule has 0 radical (unpaired) electrons. The minimum absolute atomic E-state index is 0.0897. The lowest BCUT2D eigenvalue weighted by Crippen LogP contribution is -2.48. The third-order valence-corrected chi connectivity index (χ3v) is 4.38. The SMILES string of the molecule is O=C(NCCC(=O)N1CCN(Cc2ccccc2)CC1)c1ccoc1. The molecule has 1 fully saturated rings. The smallest absolute Gasteiger partial charge is 0.254 e. The van der Waals surface area contributed by atoms with Crippen LogP contribution < -0.4 is 5.32 Å². The molecular formula is C19H23N3O3. The molecule has 1 aliphatic heterocycles. The van der Waals surface area contributed by atoms with E-state index in [9.17, 15) is 9.59 Å². The zero-order valence-corrected chi connectivity index (χ0v) is 14.2. The molecule has 2 aromatic rings. The van der Waals surface area contributed by atoms with Crippen molar-refractivity contribution in [1.29, 1.82) is 0 Å². The minimum Gasteiger partial charge on any atom is -0.472 e. The molecule has 1 aromatic carbocycles. The first-order chi connectivity index (χ1) is 12.2. The summed E-state index contributed by atoms with van der Waals surface area (Å²) in [6, 6.07) is 12.0. The molecule has 1 saturated heterocycles. The second-order valence-electron chi connectivity index (χ2n) is 6.16. The zero-order chi connectivity index (χ0) is 17.5. The van der Waals surface area contributed by atoms with Crippen molar-refractivity contribution in [2.75, 3.05) is 32.7 Å². The summed E-state index contributed by atoms with van der Waals surface area (Å²) in [7, 11) is 0. The lowest BCUT2D eigenvalue weighted by Gasteiger charge is -2.34. The average Bonchev–Trinajstić information content (AvgIpc) is 3.18. The normalized spacial score (nSPS) is 15.1. The highest BCUT2D eigenvalue weighted by atomic mass is 16.3. The topological polar surface area (TPSA) is 65.8 Å². The molecule has 0 unspecified atom stereocenters. The van der Waals surface area contributed by atoms with Gasteiger partial charge in [0.15, 0.2) is 0 Å². The summed E-state index contributed by atoms with van der Waals surface area (Å²) in [4.78, 5) is 28.3. The summed E-state index contributed by atoms with van der Waals surface area (Å²) < 4.78 is 4.87. The van der Waals surface area contributed by atoms with Crippen LogP contribution in [-0.4, -0.2) is 54.3 Å². The van der Waals surface area contributed by atoms with E-state index >= 15 is 0 Å². The van der Waals surface area contributed by atoms with Gasteiger partial charge >= 0.3 is 0 Å². The van der Waals surface area contributed by atoms with Crippen LogP contribution in [0.1, 0.15) is 22.3 Å². The van der Waals surface area contributed by atoms with Gasteiger partial charge in [0.25, 0.3) is 5.91 Å².